The van der Waals surface area contributed by atoms with Crippen LogP contribution >= 0.6 is 11.6 Å². The highest BCUT2D eigenvalue weighted by atomic mass is 35.5. The second-order valence-corrected chi connectivity index (χ2v) is 5.42. The third kappa shape index (κ3) is 2.76. The Balaban J connectivity index is 1.75. The Morgan fingerprint density at radius 2 is 1.82 bits per heavy atom. The highest BCUT2D eigenvalue weighted by molar-refractivity contribution is 6.32. The van der Waals surface area contributed by atoms with E-state index >= 15 is 0 Å². The number of rotatable bonds is 3. The predicted octanol–water partition coefficient (Wildman–Crippen LogP) is 1.03. The molecule has 8 heteroatoms. The Morgan fingerprint density at radius 1 is 1.14 bits per heavy atom. The van der Waals surface area contributed by atoms with Crippen LogP contribution in [0.25, 0.3) is 0 Å². The maximum absolute atomic E-state index is 12.3. The molecular weight excluding hydrogens is 304 g/mol. The van der Waals surface area contributed by atoms with Gasteiger partial charge in [-0.25, -0.2) is 15.0 Å². The summed E-state index contributed by atoms with van der Waals surface area (Å²) in [4.78, 5) is 28.8. The van der Waals surface area contributed by atoms with E-state index in [0.29, 0.717) is 30.5 Å². The van der Waals surface area contributed by atoms with Gasteiger partial charge >= 0.3 is 0 Å². The molecule has 0 aliphatic carbocycles. The number of anilines is 2. The Hall–Kier alpha value is -2.15. The lowest BCUT2D eigenvalue weighted by molar-refractivity contribution is 0.627. The van der Waals surface area contributed by atoms with Gasteiger partial charge < -0.3 is 14.4 Å². The number of hydrogen-bond acceptors (Lipinski definition) is 6. The molecular formula is C14H17ClN6O. The van der Waals surface area contributed by atoms with Gasteiger partial charge in [0.2, 0.25) is 0 Å². The number of nitrogens with zero attached hydrogens (tertiary/aromatic N) is 6. The lowest BCUT2D eigenvalue weighted by atomic mass is 10.3. The van der Waals surface area contributed by atoms with Crippen molar-refractivity contribution in [3.05, 3.63) is 40.3 Å². The zero-order chi connectivity index (χ0) is 15.5. The minimum atomic E-state index is -0.0430. The van der Waals surface area contributed by atoms with E-state index in [1.54, 1.807) is 23.2 Å². The van der Waals surface area contributed by atoms with Gasteiger partial charge in [0.05, 0.1) is 6.20 Å². The third-order valence-corrected chi connectivity index (χ3v) is 4.03. The van der Waals surface area contributed by atoms with Crippen molar-refractivity contribution in [2.24, 2.45) is 0 Å². The number of piperazine rings is 1. The average molecular weight is 321 g/mol. The van der Waals surface area contributed by atoms with Gasteiger partial charge in [0.15, 0.2) is 11.6 Å². The van der Waals surface area contributed by atoms with Crippen LogP contribution in [0.3, 0.4) is 0 Å². The highest BCUT2D eigenvalue weighted by Crippen LogP contribution is 2.22. The second-order valence-electron chi connectivity index (χ2n) is 5.01. The fraction of sp³-hybridized carbons (Fsp3) is 0.429. The van der Waals surface area contributed by atoms with E-state index in [0.717, 1.165) is 18.9 Å². The van der Waals surface area contributed by atoms with Crippen molar-refractivity contribution >= 4 is 23.2 Å². The van der Waals surface area contributed by atoms with Crippen LogP contribution in [0, 0.1) is 0 Å². The fourth-order valence-corrected chi connectivity index (χ4v) is 2.80. The maximum atomic E-state index is 12.3. The smallest absolute Gasteiger partial charge is 0.293 e. The minimum Gasteiger partial charge on any atom is -0.352 e. The van der Waals surface area contributed by atoms with E-state index in [1.807, 2.05) is 11.8 Å². The van der Waals surface area contributed by atoms with Crippen LogP contribution < -0.4 is 15.4 Å². The third-order valence-electron chi connectivity index (χ3n) is 3.76. The van der Waals surface area contributed by atoms with Gasteiger partial charge in [0, 0.05) is 45.1 Å². The van der Waals surface area contributed by atoms with E-state index in [2.05, 4.69) is 19.9 Å². The van der Waals surface area contributed by atoms with Gasteiger partial charge in [-0.05, 0) is 6.92 Å². The predicted molar refractivity (Wildman–Crippen MR) is 85.6 cm³/mol. The topological polar surface area (TPSA) is 67.2 Å². The number of hydrogen-bond donors (Lipinski definition) is 0. The molecule has 2 aromatic rings. The molecule has 0 bridgehead atoms. The van der Waals surface area contributed by atoms with E-state index in [4.69, 9.17) is 11.6 Å². The molecule has 1 aliphatic rings. The first-order valence-corrected chi connectivity index (χ1v) is 7.59. The highest BCUT2D eigenvalue weighted by Gasteiger charge is 2.22. The molecule has 0 radical (unpaired) electrons. The van der Waals surface area contributed by atoms with Crippen molar-refractivity contribution in [2.75, 3.05) is 36.0 Å². The normalized spacial score (nSPS) is 15.2. The van der Waals surface area contributed by atoms with E-state index in [-0.39, 0.29) is 5.56 Å². The van der Waals surface area contributed by atoms with Crippen LogP contribution in [0.15, 0.2) is 29.7 Å². The molecule has 1 saturated heterocycles. The molecule has 0 N–H and O–H groups in total. The van der Waals surface area contributed by atoms with Crippen molar-refractivity contribution in [1.29, 1.82) is 0 Å². The Kier molecular flexibility index (Phi) is 4.24. The standard InChI is InChI=1S/C14H17ClN6O/c1-2-19-4-3-17-13(14(19)22)21-7-5-20(6-8-21)12-11(15)9-16-10-18-12/h3-4,9-10H,2,5-8H2,1H3. The summed E-state index contributed by atoms with van der Waals surface area (Å²) in [6.07, 6.45) is 6.47. The van der Waals surface area contributed by atoms with Gasteiger partial charge in [-0.2, -0.15) is 0 Å². The Bertz CT molecular complexity index is 710. The van der Waals surface area contributed by atoms with Gasteiger partial charge in [-0.1, -0.05) is 11.6 Å². The quantitative estimate of drug-likeness (QED) is 0.841. The second kappa shape index (κ2) is 6.31. The van der Waals surface area contributed by atoms with Crippen LogP contribution in [0.2, 0.25) is 5.02 Å². The fourth-order valence-electron chi connectivity index (χ4n) is 2.57. The minimum absolute atomic E-state index is 0.0430. The number of aromatic nitrogens is 4. The first kappa shape index (κ1) is 14.8. The molecule has 0 spiro atoms. The number of halogens is 1. The lowest BCUT2D eigenvalue weighted by Gasteiger charge is -2.35. The van der Waals surface area contributed by atoms with E-state index in [9.17, 15) is 4.79 Å². The lowest BCUT2D eigenvalue weighted by Crippen LogP contribution is -2.49. The van der Waals surface area contributed by atoms with Crippen molar-refractivity contribution in [2.45, 2.75) is 13.5 Å². The summed E-state index contributed by atoms with van der Waals surface area (Å²) in [5, 5.41) is 0.544. The molecule has 0 unspecified atom stereocenters. The van der Waals surface area contributed by atoms with Crippen LogP contribution in [-0.2, 0) is 6.54 Å². The summed E-state index contributed by atoms with van der Waals surface area (Å²) in [6, 6.07) is 0. The molecule has 1 fully saturated rings. The Labute approximate surface area is 133 Å². The maximum Gasteiger partial charge on any atom is 0.293 e. The van der Waals surface area contributed by atoms with Gasteiger partial charge in [0.1, 0.15) is 11.3 Å². The SMILES string of the molecule is CCn1ccnc(N2CCN(c3ncncc3Cl)CC2)c1=O. The summed E-state index contributed by atoms with van der Waals surface area (Å²) in [7, 11) is 0. The summed E-state index contributed by atoms with van der Waals surface area (Å²) in [5.41, 5.74) is -0.0430. The van der Waals surface area contributed by atoms with Gasteiger partial charge in [0.25, 0.3) is 5.56 Å². The molecule has 3 rings (SSSR count). The summed E-state index contributed by atoms with van der Waals surface area (Å²) < 4.78 is 1.66. The van der Waals surface area contributed by atoms with E-state index in [1.165, 1.54) is 6.33 Å². The molecule has 0 saturated carbocycles. The van der Waals surface area contributed by atoms with Crippen LogP contribution in [0.4, 0.5) is 11.6 Å². The number of aryl methyl sites for hydroxylation is 1. The molecule has 0 atom stereocenters. The van der Waals surface area contributed by atoms with Crippen molar-refractivity contribution in [3.63, 3.8) is 0 Å². The monoisotopic (exact) mass is 320 g/mol. The average Bonchev–Trinajstić information content (AvgIpc) is 2.56. The first-order valence-electron chi connectivity index (χ1n) is 7.21. The van der Waals surface area contributed by atoms with Gasteiger partial charge in [-0.3, -0.25) is 4.79 Å². The molecule has 2 aromatic heterocycles. The molecule has 3 heterocycles. The molecule has 22 heavy (non-hydrogen) atoms. The summed E-state index contributed by atoms with van der Waals surface area (Å²) in [5.74, 6) is 1.25. The van der Waals surface area contributed by atoms with Crippen molar-refractivity contribution < 1.29 is 0 Å². The van der Waals surface area contributed by atoms with Crippen LogP contribution in [-0.4, -0.2) is 45.7 Å². The first-order chi connectivity index (χ1) is 10.7. The van der Waals surface area contributed by atoms with E-state index < -0.39 is 0 Å². The summed E-state index contributed by atoms with van der Waals surface area (Å²) >= 11 is 6.13. The largest absolute Gasteiger partial charge is 0.352 e. The van der Waals surface area contributed by atoms with Crippen LogP contribution in [0.1, 0.15) is 6.92 Å². The molecule has 116 valence electrons. The molecule has 0 amide bonds. The summed E-state index contributed by atoms with van der Waals surface area (Å²) in [6.45, 7) is 5.47. The van der Waals surface area contributed by atoms with Gasteiger partial charge in [-0.15, -0.1) is 0 Å². The zero-order valence-electron chi connectivity index (χ0n) is 12.3. The zero-order valence-corrected chi connectivity index (χ0v) is 13.1. The van der Waals surface area contributed by atoms with Crippen LogP contribution in [0.5, 0.6) is 0 Å². The van der Waals surface area contributed by atoms with Crippen molar-refractivity contribution in [3.8, 4) is 0 Å². The molecule has 1 aliphatic heterocycles. The molecule has 7 nitrogen and oxygen atoms in total. The van der Waals surface area contributed by atoms with Crippen molar-refractivity contribution in [1.82, 2.24) is 19.5 Å². The molecule has 0 aromatic carbocycles. The Morgan fingerprint density at radius 3 is 2.45 bits per heavy atom.